The summed E-state index contributed by atoms with van der Waals surface area (Å²) in [5.74, 6) is 0.0735. The van der Waals surface area contributed by atoms with Gasteiger partial charge in [-0.15, -0.1) is 0 Å². The number of hydrogen-bond acceptors (Lipinski definition) is 4. The number of halogens is 1. The fourth-order valence-electron chi connectivity index (χ4n) is 4.67. The number of rotatable bonds is 6. The number of nitrogens with zero attached hydrogens (tertiary/aromatic N) is 3. The molecule has 2 aromatic carbocycles. The van der Waals surface area contributed by atoms with Crippen LogP contribution in [0.15, 0.2) is 85.2 Å². The zero-order chi connectivity index (χ0) is 27.7. The first-order chi connectivity index (χ1) is 18.7. The Bertz CT molecular complexity index is 1520. The molecule has 3 heterocycles. The van der Waals surface area contributed by atoms with Gasteiger partial charge in [-0.2, -0.15) is 0 Å². The Labute approximate surface area is 232 Å². The van der Waals surface area contributed by atoms with E-state index in [0.29, 0.717) is 22.2 Å². The largest absolute Gasteiger partial charge is 0.494 e. The van der Waals surface area contributed by atoms with Gasteiger partial charge in [-0.25, -0.2) is 4.39 Å². The van der Waals surface area contributed by atoms with Crippen molar-refractivity contribution in [3.05, 3.63) is 102 Å². The Balaban J connectivity index is 1.61. The highest BCUT2D eigenvalue weighted by Crippen LogP contribution is 2.44. The molecular weight excluding hydrogens is 513 g/mol. The van der Waals surface area contributed by atoms with E-state index >= 15 is 0 Å². The molecule has 0 aliphatic carbocycles. The summed E-state index contributed by atoms with van der Waals surface area (Å²) in [5.41, 5.74) is 3.19. The van der Waals surface area contributed by atoms with E-state index in [1.807, 2.05) is 91.0 Å². The number of amides is 1. The molecule has 0 spiro atoms. The summed E-state index contributed by atoms with van der Waals surface area (Å²) in [5, 5.41) is 6.92. The fraction of sp³-hybridized carbons (Fsp3) is 0.233. The van der Waals surface area contributed by atoms with Crippen LogP contribution >= 0.6 is 12.2 Å². The van der Waals surface area contributed by atoms with Crippen molar-refractivity contribution < 1.29 is 13.9 Å². The van der Waals surface area contributed by atoms with Crippen molar-refractivity contribution in [2.45, 2.75) is 32.9 Å². The molecule has 1 fully saturated rings. The van der Waals surface area contributed by atoms with Gasteiger partial charge in [0.1, 0.15) is 17.6 Å². The smallest absolute Gasteiger partial charge is 0.229 e. The van der Waals surface area contributed by atoms with Gasteiger partial charge in [0, 0.05) is 40.9 Å². The average molecular weight is 544 g/mol. The van der Waals surface area contributed by atoms with Crippen LogP contribution in [0.5, 0.6) is 5.75 Å². The van der Waals surface area contributed by atoms with Crippen LogP contribution in [0.1, 0.15) is 44.2 Å². The van der Waals surface area contributed by atoms with Gasteiger partial charge in [-0.1, -0.05) is 32.9 Å². The van der Waals surface area contributed by atoms with E-state index in [1.54, 1.807) is 19.4 Å². The van der Waals surface area contributed by atoms with Gasteiger partial charge in [0.25, 0.3) is 0 Å². The molecule has 5 rings (SSSR count). The van der Waals surface area contributed by atoms with Gasteiger partial charge in [0.2, 0.25) is 5.91 Å². The van der Waals surface area contributed by atoms with Crippen LogP contribution in [0.3, 0.4) is 0 Å². The third-order valence-corrected chi connectivity index (χ3v) is 6.98. The normalized spacial score (nSPS) is 17.2. The molecule has 0 radical (unpaired) electrons. The molecular formula is C30H30FN5O2S. The topological polar surface area (TPSA) is 71.4 Å². The van der Waals surface area contributed by atoms with Gasteiger partial charge in [0.05, 0.1) is 24.5 Å². The molecule has 2 N–H and O–H groups in total. The number of carbonyl (C=O) groups excluding carboxylic acids is 1. The van der Waals surface area contributed by atoms with Crippen molar-refractivity contribution in [2.24, 2.45) is 5.41 Å². The first-order valence-electron chi connectivity index (χ1n) is 12.6. The minimum atomic E-state index is -0.562. The van der Waals surface area contributed by atoms with E-state index in [1.165, 1.54) is 12.1 Å². The molecule has 7 nitrogen and oxygen atoms in total. The van der Waals surface area contributed by atoms with Crippen LogP contribution in [0.25, 0.3) is 5.69 Å². The average Bonchev–Trinajstić information content (AvgIpc) is 3.53. The van der Waals surface area contributed by atoms with Gasteiger partial charge in [-0.05, 0) is 66.8 Å². The van der Waals surface area contributed by atoms with Crippen LogP contribution in [-0.4, -0.2) is 27.7 Å². The number of ether oxygens (including phenoxy) is 1. The maximum atomic E-state index is 14.2. The van der Waals surface area contributed by atoms with Gasteiger partial charge in [0.15, 0.2) is 5.11 Å². The van der Waals surface area contributed by atoms with Crippen molar-refractivity contribution in [2.75, 3.05) is 17.3 Å². The van der Waals surface area contributed by atoms with Crippen molar-refractivity contribution in [3.8, 4) is 11.4 Å². The zero-order valence-corrected chi connectivity index (χ0v) is 23.0. The Morgan fingerprint density at radius 1 is 1.05 bits per heavy atom. The first kappa shape index (κ1) is 26.4. The van der Waals surface area contributed by atoms with E-state index in [0.717, 1.165) is 17.1 Å². The second-order valence-electron chi connectivity index (χ2n) is 10.4. The number of carbonyl (C=O) groups is 1. The third-order valence-electron chi connectivity index (χ3n) is 6.66. The molecule has 1 aliphatic rings. The quantitative estimate of drug-likeness (QED) is 0.283. The molecule has 1 aliphatic heterocycles. The maximum absolute atomic E-state index is 14.2. The Morgan fingerprint density at radius 3 is 2.56 bits per heavy atom. The zero-order valence-electron chi connectivity index (χ0n) is 22.2. The highest BCUT2D eigenvalue weighted by Gasteiger charge is 2.42. The molecule has 0 unspecified atom stereocenters. The Morgan fingerprint density at radius 2 is 1.87 bits per heavy atom. The number of aromatic nitrogens is 2. The minimum Gasteiger partial charge on any atom is -0.494 e. The molecule has 0 saturated carbocycles. The van der Waals surface area contributed by atoms with Crippen LogP contribution in [0.4, 0.5) is 15.8 Å². The van der Waals surface area contributed by atoms with Crippen molar-refractivity contribution in [1.82, 2.24) is 14.9 Å². The Hall–Kier alpha value is -4.24. The van der Waals surface area contributed by atoms with Crippen molar-refractivity contribution in [3.63, 3.8) is 0 Å². The summed E-state index contributed by atoms with van der Waals surface area (Å²) in [6.45, 7) is 5.56. The number of anilines is 2. The van der Waals surface area contributed by atoms with Gasteiger partial charge < -0.3 is 24.8 Å². The third kappa shape index (κ3) is 5.22. The highest BCUT2D eigenvalue weighted by molar-refractivity contribution is 7.80. The van der Waals surface area contributed by atoms with E-state index < -0.39 is 5.41 Å². The summed E-state index contributed by atoms with van der Waals surface area (Å²) >= 11 is 5.87. The molecule has 1 amide bonds. The fourth-order valence-corrected chi connectivity index (χ4v) is 5.02. The van der Waals surface area contributed by atoms with E-state index in [9.17, 15) is 9.18 Å². The second kappa shape index (κ2) is 10.5. The minimum absolute atomic E-state index is 0.118. The molecule has 1 saturated heterocycles. The second-order valence-corrected chi connectivity index (χ2v) is 10.8. The van der Waals surface area contributed by atoms with Crippen LogP contribution in [0, 0.1) is 11.2 Å². The summed E-state index contributed by atoms with van der Waals surface area (Å²) in [4.78, 5) is 19.3. The standard InChI is InChI=1S/C30H30FN5O2S/c1-30(2,3)28(37)33-22-14-13-21(18-25(22)38-4)36-27(26(34-29(36)39)23-11-5-6-15-32-23)24-12-8-16-35(24)20-10-7-9-19(31)17-20/h5-18,26-27H,1-4H3,(H,33,37)(H,34,39)/t26-,27+/m1/s1. The van der Waals surface area contributed by atoms with Crippen molar-refractivity contribution in [1.29, 1.82) is 0 Å². The molecule has 39 heavy (non-hydrogen) atoms. The van der Waals surface area contributed by atoms with E-state index in [2.05, 4.69) is 15.6 Å². The first-order valence-corrected chi connectivity index (χ1v) is 13.0. The highest BCUT2D eigenvalue weighted by atomic mass is 32.1. The molecule has 0 bridgehead atoms. The summed E-state index contributed by atoms with van der Waals surface area (Å²) in [6.07, 6.45) is 3.66. The SMILES string of the molecule is COc1cc(N2C(=S)N[C@H](c3ccccn3)[C@@H]2c2cccn2-c2cccc(F)c2)ccc1NC(=O)C(C)(C)C. The van der Waals surface area contributed by atoms with Crippen LogP contribution < -0.4 is 20.3 Å². The van der Waals surface area contributed by atoms with E-state index in [4.69, 9.17) is 17.0 Å². The monoisotopic (exact) mass is 543 g/mol. The molecule has 4 aromatic rings. The number of methoxy groups -OCH3 is 1. The summed E-state index contributed by atoms with van der Waals surface area (Å²) in [6, 6.07) is 21.1. The molecule has 2 atom stereocenters. The lowest BCUT2D eigenvalue weighted by Gasteiger charge is -2.29. The molecule has 9 heteroatoms. The van der Waals surface area contributed by atoms with Crippen LogP contribution in [0.2, 0.25) is 0 Å². The maximum Gasteiger partial charge on any atom is 0.229 e. The van der Waals surface area contributed by atoms with Crippen LogP contribution in [-0.2, 0) is 4.79 Å². The van der Waals surface area contributed by atoms with Gasteiger partial charge in [-0.3, -0.25) is 9.78 Å². The van der Waals surface area contributed by atoms with E-state index in [-0.39, 0.29) is 23.8 Å². The number of hydrogen-bond donors (Lipinski definition) is 2. The summed E-state index contributed by atoms with van der Waals surface area (Å²) in [7, 11) is 1.57. The lowest BCUT2D eigenvalue weighted by Crippen LogP contribution is -2.30. The Kier molecular flexibility index (Phi) is 7.10. The number of nitrogens with one attached hydrogen (secondary N) is 2. The summed E-state index contributed by atoms with van der Waals surface area (Å²) < 4.78 is 21.8. The molecule has 200 valence electrons. The number of benzene rings is 2. The lowest BCUT2D eigenvalue weighted by molar-refractivity contribution is -0.123. The lowest BCUT2D eigenvalue weighted by atomic mass is 9.95. The predicted molar refractivity (Wildman–Crippen MR) is 155 cm³/mol. The van der Waals surface area contributed by atoms with Crippen molar-refractivity contribution >= 4 is 34.6 Å². The number of pyridine rings is 1. The predicted octanol–water partition coefficient (Wildman–Crippen LogP) is 6.18. The molecule has 2 aromatic heterocycles. The van der Waals surface area contributed by atoms with Gasteiger partial charge >= 0.3 is 0 Å². The number of thiocarbonyl (C=S) groups is 1.